The minimum atomic E-state index is -0.0969. The molecule has 2 rings (SSSR count). The van der Waals surface area contributed by atoms with Gasteiger partial charge in [-0.15, -0.1) is 0 Å². The molecule has 0 aromatic carbocycles. The zero-order chi connectivity index (χ0) is 11.5. The van der Waals surface area contributed by atoms with E-state index in [1.165, 1.54) is 0 Å². The van der Waals surface area contributed by atoms with E-state index in [0.29, 0.717) is 6.04 Å². The summed E-state index contributed by atoms with van der Waals surface area (Å²) in [4.78, 5) is 2.40. The van der Waals surface area contributed by atoms with Gasteiger partial charge in [0.1, 0.15) is 0 Å². The Morgan fingerprint density at radius 3 is 2.94 bits per heavy atom. The highest BCUT2D eigenvalue weighted by Gasteiger charge is 2.28. The third-order valence-electron chi connectivity index (χ3n) is 3.18. The molecule has 2 atom stereocenters. The zero-order valence-corrected chi connectivity index (χ0v) is 9.93. The standard InChI is InChI=1S/C12H20N2O2/c1-9(2)14-4-6-16-11(7-14)12(13)10-3-5-15-8-10/h3,5,8-9,11-12H,4,6-7,13H2,1-2H3. The Labute approximate surface area is 96.4 Å². The Morgan fingerprint density at radius 1 is 1.50 bits per heavy atom. The molecule has 0 saturated carbocycles. The van der Waals surface area contributed by atoms with E-state index >= 15 is 0 Å². The Kier molecular flexibility index (Phi) is 3.63. The maximum Gasteiger partial charge on any atom is 0.0951 e. The predicted octanol–water partition coefficient (Wildman–Crippen LogP) is 1.39. The van der Waals surface area contributed by atoms with Crippen LogP contribution in [-0.4, -0.2) is 36.7 Å². The number of morpholine rings is 1. The van der Waals surface area contributed by atoms with Crippen LogP contribution >= 0.6 is 0 Å². The van der Waals surface area contributed by atoms with Gasteiger partial charge in [0.05, 0.1) is 31.3 Å². The van der Waals surface area contributed by atoms with Gasteiger partial charge in [0.25, 0.3) is 0 Å². The normalized spacial score (nSPS) is 24.9. The molecule has 2 heterocycles. The molecule has 0 aliphatic carbocycles. The van der Waals surface area contributed by atoms with Crippen LogP contribution < -0.4 is 5.73 Å². The Balaban J connectivity index is 1.99. The van der Waals surface area contributed by atoms with Crippen LogP contribution in [0.3, 0.4) is 0 Å². The highest BCUT2D eigenvalue weighted by molar-refractivity contribution is 5.13. The van der Waals surface area contributed by atoms with Crippen LogP contribution in [-0.2, 0) is 4.74 Å². The summed E-state index contributed by atoms with van der Waals surface area (Å²) >= 11 is 0. The first-order valence-corrected chi connectivity index (χ1v) is 5.82. The second-order valence-electron chi connectivity index (χ2n) is 4.58. The number of hydrogen-bond donors (Lipinski definition) is 1. The highest BCUT2D eigenvalue weighted by atomic mass is 16.5. The first-order valence-electron chi connectivity index (χ1n) is 5.82. The molecule has 0 spiro atoms. The Hall–Kier alpha value is -0.840. The lowest BCUT2D eigenvalue weighted by molar-refractivity contribution is -0.0503. The molecule has 0 radical (unpaired) electrons. The van der Waals surface area contributed by atoms with Crippen LogP contribution in [0.4, 0.5) is 0 Å². The van der Waals surface area contributed by atoms with Crippen molar-refractivity contribution in [2.45, 2.75) is 32.0 Å². The first kappa shape index (κ1) is 11.6. The maximum atomic E-state index is 6.16. The van der Waals surface area contributed by atoms with Gasteiger partial charge in [-0.3, -0.25) is 4.90 Å². The molecule has 16 heavy (non-hydrogen) atoms. The molecule has 0 amide bonds. The number of furan rings is 1. The summed E-state index contributed by atoms with van der Waals surface area (Å²) in [7, 11) is 0. The van der Waals surface area contributed by atoms with E-state index in [1.807, 2.05) is 6.07 Å². The lowest BCUT2D eigenvalue weighted by Gasteiger charge is -2.37. The topological polar surface area (TPSA) is 51.6 Å². The van der Waals surface area contributed by atoms with Gasteiger partial charge in [-0.1, -0.05) is 0 Å². The molecule has 2 unspecified atom stereocenters. The van der Waals surface area contributed by atoms with Crippen molar-refractivity contribution in [3.8, 4) is 0 Å². The minimum Gasteiger partial charge on any atom is -0.472 e. The summed E-state index contributed by atoms with van der Waals surface area (Å²) in [6.07, 6.45) is 3.41. The molecule has 4 heteroatoms. The minimum absolute atomic E-state index is 0.0637. The molecular weight excluding hydrogens is 204 g/mol. The van der Waals surface area contributed by atoms with Crippen molar-refractivity contribution in [2.24, 2.45) is 5.73 Å². The molecule has 4 nitrogen and oxygen atoms in total. The third kappa shape index (κ3) is 2.45. The van der Waals surface area contributed by atoms with Crippen LogP contribution in [0.2, 0.25) is 0 Å². The van der Waals surface area contributed by atoms with Crippen molar-refractivity contribution >= 4 is 0 Å². The number of rotatable bonds is 3. The molecule has 90 valence electrons. The van der Waals surface area contributed by atoms with Crippen LogP contribution in [0.15, 0.2) is 23.0 Å². The molecular formula is C12H20N2O2. The highest BCUT2D eigenvalue weighted by Crippen LogP contribution is 2.21. The van der Waals surface area contributed by atoms with E-state index < -0.39 is 0 Å². The van der Waals surface area contributed by atoms with E-state index in [0.717, 1.165) is 25.3 Å². The Bertz CT molecular complexity index is 311. The summed E-state index contributed by atoms with van der Waals surface area (Å²) < 4.78 is 10.8. The summed E-state index contributed by atoms with van der Waals surface area (Å²) in [6, 6.07) is 2.35. The molecule has 1 fully saturated rings. The van der Waals surface area contributed by atoms with Gasteiger partial charge >= 0.3 is 0 Å². The lowest BCUT2D eigenvalue weighted by Crippen LogP contribution is -2.49. The lowest BCUT2D eigenvalue weighted by atomic mass is 10.0. The van der Waals surface area contributed by atoms with E-state index in [9.17, 15) is 0 Å². The van der Waals surface area contributed by atoms with Crippen LogP contribution in [0, 0.1) is 0 Å². The quantitative estimate of drug-likeness (QED) is 0.843. The molecule has 1 aliphatic heterocycles. The maximum absolute atomic E-state index is 6.16. The second kappa shape index (κ2) is 4.99. The second-order valence-corrected chi connectivity index (χ2v) is 4.58. The largest absolute Gasteiger partial charge is 0.472 e. The molecule has 1 saturated heterocycles. The number of nitrogens with two attached hydrogens (primary N) is 1. The van der Waals surface area contributed by atoms with Crippen molar-refractivity contribution in [1.82, 2.24) is 4.90 Å². The van der Waals surface area contributed by atoms with Gasteiger partial charge in [0.2, 0.25) is 0 Å². The van der Waals surface area contributed by atoms with Crippen molar-refractivity contribution in [1.29, 1.82) is 0 Å². The third-order valence-corrected chi connectivity index (χ3v) is 3.18. The monoisotopic (exact) mass is 224 g/mol. The van der Waals surface area contributed by atoms with Crippen LogP contribution in [0.25, 0.3) is 0 Å². The number of hydrogen-bond acceptors (Lipinski definition) is 4. The van der Waals surface area contributed by atoms with Gasteiger partial charge in [-0.25, -0.2) is 0 Å². The Morgan fingerprint density at radius 2 is 2.31 bits per heavy atom. The fraction of sp³-hybridized carbons (Fsp3) is 0.667. The van der Waals surface area contributed by atoms with E-state index in [4.69, 9.17) is 14.9 Å². The van der Waals surface area contributed by atoms with Gasteiger partial charge in [0, 0.05) is 24.7 Å². The van der Waals surface area contributed by atoms with E-state index in [-0.39, 0.29) is 12.1 Å². The van der Waals surface area contributed by atoms with Gasteiger partial charge in [-0.2, -0.15) is 0 Å². The summed E-state index contributed by atoms with van der Waals surface area (Å²) in [5, 5.41) is 0. The van der Waals surface area contributed by atoms with Crippen molar-refractivity contribution in [2.75, 3.05) is 19.7 Å². The van der Waals surface area contributed by atoms with E-state index in [2.05, 4.69) is 18.7 Å². The van der Waals surface area contributed by atoms with Crippen molar-refractivity contribution < 1.29 is 9.15 Å². The number of ether oxygens (including phenoxy) is 1. The summed E-state index contributed by atoms with van der Waals surface area (Å²) in [5.41, 5.74) is 7.17. The van der Waals surface area contributed by atoms with Crippen molar-refractivity contribution in [3.63, 3.8) is 0 Å². The van der Waals surface area contributed by atoms with Gasteiger partial charge in [0.15, 0.2) is 0 Å². The SMILES string of the molecule is CC(C)N1CCOC(C(N)c2ccoc2)C1. The average Bonchev–Trinajstić information content (AvgIpc) is 2.81. The molecule has 1 aromatic rings. The fourth-order valence-corrected chi connectivity index (χ4v) is 2.06. The molecule has 1 aliphatic rings. The van der Waals surface area contributed by atoms with Gasteiger partial charge < -0.3 is 14.9 Å². The molecule has 0 bridgehead atoms. The van der Waals surface area contributed by atoms with Gasteiger partial charge in [-0.05, 0) is 19.9 Å². The molecule has 2 N–H and O–H groups in total. The summed E-state index contributed by atoms with van der Waals surface area (Å²) in [6.45, 7) is 7.04. The fourth-order valence-electron chi connectivity index (χ4n) is 2.06. The predicted molar refractivity (Wildman–Crippen MR) is 62.1 cm³/mol. The van der Waals surface area contributed by atoms with Crippen LogP contribution in [0.5, 0.6) is 0 Å². The zero-order valence-electron chi connectivity index (χ0n) is 9.93. The smallest absolute Gasteiger partial charge is 0.0951 e. The molecule has 1 aromatic heterocycles. The average molecular weight is 224 g/mol. The van der Waals surface area contributed by atoms with Crippen LogP contribution in [0.1, 0.15) is 25.5 Å². The summed E-state index contributed by atoms with van der Waals surface area (Å²) in [5.74, 6) is 0. The van der Waals surface area contributed by atoms with E-state index in [1.54, 1.807) is 12.5 Å². The van der Waals surface area contributed by atoms with Crippen molar-refractivity contribution in [3.05, 3.63) is 24.2 Å². The number of nitrogens with zero attached hydrogens (tertiary/aromatic N) is 1. The first-order chi connectivity index (χ1) is 7.68.